The van der Waals surface area contributed by atoms with E-state index in [2.05, 4.69) is 4.90 Å². The Morgan fingerprint density at radius 1 is 1.33 bits per heavy atom. The number of carboxylic acid groups (broad SMARTS) is 1. The molecule has 0 aliphatic heterocycles. The van der Waals surface area contributed by atoms with Crippen LogP contribution in [0.4, 0.5) is 0 Å². The molecule has 18 heavy (non-hydrogen) atoms. The number of nitrogens with zero attached hydrogens (tertiary/aromatic N) is 1. The number of rotatable bonds is 7. The SMILES string of the molecule is COc1ccc(C[C@@H](CCC(=O)O)N(C)C)cc1. The van der Waals surface area contributed by atoms with Crippen molar-refractivity contribution in [3.05, 3.63) is 29.8 Å². The Morgan fingerprint density at radius 2 is 1.94 bits per heavy atom. The van der Waals surface area contributed by atoms with Gasteiger partial charge in [-0.25, -0.2) is 0 Å². The van der Waals surface area contributed by atoms with Gasteiger partial charge in [-0.05, 0) is 44.6 Å². The van der Waals surface area contributed by atoms with E-state index in [9.17, 15) is 4.79 Å². The molecule has 0 spiro atoms. The van der Waals surface area contributed by atoms with Crippen LogP contribution in [0.25, 0.3) is 0 Å². The zero-order valence-electron chi connectivity index (χ0n) is 11.2. The summed E-state index contributed by atoms with van der Waals surface area (Å²) in [5.74, 6) is 0.0993. The number of hydrogen-bond donors (Lipinski definition) is 1. The molecular weight excluding hydrogens is 230 g/mol. The summed E-state index contributed by atoms with van der Waals surface area (Å²) in [5, 5.41) is 8.74. The van der Waals surface area contributed by atoms with Gasteiger partial charge in [0.05, 0.1) is 7.11 Å². The van der Waals surface area contributed by atoms with Gasteiger partial charge >= 0.3 is 5.97 Å². The van der Waals surface area contributed by atoms with Gasteiger partial charge in [0, 0.05) is 12.5 Å². The van der Waals surface area contributed by atoms with E-state index in [-0.39, 0.29) is 12.5 Å². The average Bonchev–Trinajstić information content (AvgIpc) is 2.34. The van der Waals surface area contributed by atoms with Crippen LogP contribution in [-0.4, -0.2) is 43.2 Å². The predicted molar refractivity (Wildman–Crippen MR) is 71.0 cm³/mol. The highest BCUT2D eigenvalue weighted by atomic mass is 16.5. The minimum atomic E-state index is -0.739. The fourth-order valence-corrected chi connectivity index (χ4v) is 1.87. The minimum Gasteiger partial charge on any atom is -0.497 e. The van der Waals surface area contributed by atoms with Crippen molar-refractivity contribution in [1.29, 1.82) is 0 Å². The van der Waals surface area contributed by atoms with E-state index >= 15 is 0 Å². The Balaban J connectivity index is 2.61. The van der Waals surface area contributed by atoms with Crippen molar-refractivity contribution in [1.82, 2.24) is 4.90 Å². The monoisotopic (exact) mass is 251 g/mol. The summed E-state index contributed by atoms with van der Waals surface area (Å²) in [6.07, 6.45) is 1.72. The number of ether oxygens (including phenoxy) is 1. The van der Waals surface area contributed by atoms with Gasteiger partial charge in [0.2, 0.25) is 0 Å². The maximum atomic E-state index is 10.6. The van der Waals surface area contributed by atoms with E-state index in [4.69, 9.17) is 9.84 Å². The lowest BCUT2D eigenvalue weighted by Gasteiger charge is -2.23. The van der Waals surface area contributed by atoms with E-state index in [1.54, 1.807) is 7.11 Å². The lowest BCUT2D eigenvalue weighted by atomic mass is 10.0. The first-order chi connectivity index (χ1) is 8.52. The first-order valence-corrected chi connectivity index (χ1v) is 6.04. The van der Waals surface area contributed by atoms with Crippen LogP contribution in [0, 0.1) is 0 Å². The lowest BCUT2D eigenvalue weighted by Crippen LogP contribution is -2.30. The predicted octanol–water partition coefficient (Wildman–Crippen LogP) is 2.03. The van der Waals surface area contributed by atoms with Crippen LogP contribution in [-0.2, 0) is 11.2 Å². The lowest BCUT2D eigenvalue weighted by molar-refractivity contribution is -0.137. The minimum absolute atomic E-state index is 0.207. The number of methoxy groups -OCH3 is 1. The Morgan fingerprint density at radius 3 is 2.39 bits per heavy atom. The summed E-state index contributed by atoms with van der Waals surface area (Å²) in [5.41, 5.74) is 1.19. The van der Waals surface area contributed by atoms with Crippen LogP contribution in [0.1, 0.15) is 18.4 Å². The molecule has 4 nitrogen and oxygen atoms in total. The summed E-state index contributed by atoms with van der Waals surface area (Å²) in [6.45, 7) is 0. The smallest absolute Gasteiger partial charge is 0.303 e. The molecule has 0 radical (unpaired) electrons. The van der Waals surface area contributed by atoms with Crippen molar-refractivity contribution in [2.75, 3.05) is 21.2 Å². The van der Waals surface area contributed by atoms with Crippen molar-refractivity contribution in [2.45, 2.75) is 25.3 Å². The Kier molecular flexibility index (Phi) is 5.65. The molecule has 0 aliphatic carbocycles. The maximum absolute atomic E-state index is 10.6. The van der Waals surface area contributed by atoms with Gasteiger partial charge in [0.1, 0.15) is 5.75 Å². The normalized spacial score (nSPS) is 12.4. The van der Waals surface area contributed by atoms with E-state index in [1.807, 2.05) is 38.4 Å². The summed E-state index contributed by atoms with van der Waals surface area (Å²) < 4.78 is 5.11. The molecule has 1 rings (SSSR count). The molecule has 0 saturated carbocycles. The second-order valence-corrected chi connectivity index (χ2v) is 4.60. The average molecular weight is 251 g/mol. The third kappa shape index (κ3) is 4.75. The second kappa shape index (κ2) is 7.01. The quantitative estimate of drug-likeness (QED) is 0.805. The molecule has 0 heterocycles. The molecule has 0 saturated heterocycles. The van der Waals surface area contributed by atoms with Gasteiger partial charge in [-0.3, -0.25) is 4.79 Å². The fraction of sp³-hybridized carbons (Fsp3) is 0.500. The summed E-state index contributed by atoms with van der Waals surface area (Å²) >= 11 is 0. The molecule has 1 N–H and O–H groups in total. The zero-order chi connectivity index (χ0) is 13.5. The van der Waals surface area contributed by atoms with Gasteiger partial charge in [0.25, 0.3) is 0 Å². The van der Waals surface area contributed by atoms with E-state index in [0.29, 0.717) is 6.42 Å². The standard InChI is InChI=1S/C14H21NO3/c1-15(2)12(6-9-14(16)17)10-11-4-7-13(18-3)8-5-11/h4-5,7-8,12H,6,9-10H2,1-3H3,(H,16,17)/t12-/m1/s1. The van der Waals surface area contributed by atoms with E-state index < -0.39 is 5.97 Å². The van der Waals surface area contributed by atoms with Crippen molar-refractivity contribution < 1.29 is 14.6 Å². The molecule has 4 heteroatoms. The third-order valence-corrected chi connectivity index (χ3v) is 3.05. The highest BCUT2D eigenvalue weighted by Gasteiger charge is 2.13. The number of likely N-dealkylation sites (N-methyl/N-ethyl adjacent to an activating group) is 1. The number of carbonyl (C=O) groups is 1. The fourth-order valence-electron chi connectivity index (χ4n) is 1.87. The van der Waals surface area contributed by atoms with E-state index in [0.717, 1.165) is 12.2 Å². The molecule has 0 bridgehead atoms. The number of benzene rings is 1. The van der Waals surface area contributed by atoms with Crippen molar-refractivity contribution in [2.24, 2.45) is 0 Å². The van der Waals surface area contributed by atoms with Crippen LogP contribution in [0.3, 0.4) is 0 Å². The maximum Gasteiger partial charge on any atom is 0.303 e. The van der Waals surface area contributed by atoms with Crippen LogP contribution in [0.15, 0.2) is 24.3 Å². The van der Waals surface area contributed by atoms with Crippen molar-refractivity contribution >= 4 is 5.97 Å². The first-order valence-electron chi connectivity index (χ1n) is 6.04. The zero-order valence-corrected chi connectivity index (χ0v) is 11.2. The van der Waals surface area contributed by atoms with Crippen LogP contribution in [0.2, 0.25) is 0 Å². The summed E-state index contributed by atoms with van der Waals surface area (Å²) in [4.78, 5) is 12.7. The van der Waals surface area contributed by atoms with Gasteiger partial charge in [-0.1, -0.05) is 12.1 Å². The Labute approximate surface area is 108 Å². The summed E-state index contributed by atoms with van der Waals surface area (Å²) in [7, 11) is 5.61. The summed E-state index contributed by atoms with van der Waals surface area (Å²) in [6, 6.07) is 8.15. The Bertz CT molecular complexity index is 373. The molecule has 0 aliphatic rings. The molecule has 0 unspecified atom stereocenters. The molecular formula is C14H21NO3. The molecule has 0 fully saturated rings. The molecule has 0 aromatic heterocycles. The highest BCUT2D eigenvalue weighted by Crippen LogP contribution is 2.16. The number of aliphatic carboxylic acids is 1. The van der Waals surface area contributed by atoms with Crippen molar-refractivity contribution in [3.63, 3.8) is 0 Å². The second-order valence-electron chi connectivity index (χ2n) is 4.60. The number of carboxylic acids is 1. The van der Waals surface area contributed by atoms with Gasteiger partial charge in [0.15, 0.2) is 0 Å². The van der Waals surface area contributed by atoms with Crippen LogP contribution in [0.5, 0.6) is 5.75 Å². The molecule has 0 amide bonds. The first kappa shape index (κ1) is 14.5. The largest absolute Gasteiger partial charge is 0.497 e. The Hall–Kier alpha value is -1.55. The molecule has 100 valence electrons. The van der Waals surface area contributed by atoms with Crippen LogP contribution >= 0.6 is 0 Å². The molecule has 1 aromatic carbocycles. The number of hydrogen-bond acceptors (Lipinski definition) is 3. The van der Waals surface area contributed by atoms with Crippen molar-refractivity contribution in [3.8, 4) is 5.75 Å². The van der Waals surface area contributed by atoms with Crippen LogP contribution < -0.4 is 4.74 Å². The van der Waals surface area contributed by atoms with Gasteiger partial charge in [-0.2, -0.15) is 0 Å². The van der Waals surface area contributed by atoms with Gasteiger partial charge in [-0.15, -0.1) is 0 Å². The van der Waals surface area contributed by atoms with E-state index in [1.165, 1.54) is 5.56 Å². The van der Waals surface area contributed by atoms with Gasteiger partial charge < -0.3 is 14.7 Å². The topological polar surface area (TPSA) is 49.8 Å². The third-order valence-electron chi connectivity index (χ3n) is 3.05. The molecule has 1 atom stereocenters. The molecule has 1 aromatic rings. The highest BCUT2D eigenvalue weighted by molar-refractivity contribution is 5.66.